The van der Waals surface area contributed by atoms with Gasteiger partial charge in [-0.25, -0.2) is 0 Å². The van der Waals surface area contributed by atoms with Crippen molar-refractivity contribution in [2.45, 2.75) is 39.5 Å². The topological polar surface area (TPSA) is 55.1 Å². The maximum absolute atomic E-state index is 11.9. The Hall–Kier alpha value is -1.35. The third-order valence-electron chi connectivity index (χ3n) is 3.99. The van der Waals surface area contributed by atoms with Crippen LogP contribution >= 0.6 is 0 Å². The molecule has 104 valence electrons. The Kier molecular flexibility index (Phi) is 4.25. The molecule has 3 heteroatoms. The molecule has 1 aromatic rings. The van der Waals surface area contributed by atoms with Crippen LogP contribution in [0.1, 0.15) is 37.0 Å². The summed E-state index contributed by atoms with van der Waals surface area (Å²) < 4.78 is 0. The molecule has 3 nitrogen and oxygen atoms in total. The van der Waals surface area contributed by atoms with E-state index in [1.54, 1.807) is 0 Å². The number of aryl methyl sites for hydroxylation is 2. The highest BCUT2D eigenvalue weighted by molar-refractivity contribution is 5.82. The van der Waals surface area contributed by atoms with Crippen molar-refractivity contribution in [3.05, 3.63) is 34.9 Å². The summed E-state index contributed by atoms with van der Waals surface area (Å²) in [5.41, 5.74) is 9.42. The first kappa shape index (κ1) is 14.1. The minimum absolute atomic E-state index is 0.0381. The summed E-state index contributed by atoms with van der Waals surface area (Å²) in [4.78, 5) is 11.9. The van der Waals surface area contributed by atoms with E-state index in [1.807, 2.05) is 13.8 Å². The lowest BCUT2D eigenvalue weighted by Gasteiger charge is -2.21. The second kappa shape index (κ2) is 5.74. The molecule has 0 unspecified atom stereocenters. The van der Waals surface area contributed by atoms with E-state index in [1.165, 1.54) is 36.0 Å². The van der Waals surface area contributed by atoms with Gasteiger partial charge in [-0.05, 0) is 56.2 Å². The standard InChI is InChI=1S/C16H24N2O/c1-16(2,11-17)15(19)18-9-8-12-6-7-13-4-3-5-14(13)10-12/h6-7,10H,3-5,8-9,11,17H2,1-2H3,(H,18,19). The van der Waals surface area contributed by atoms with Gasteiger partial charge in [0.05, 0.1) is 5.41 Å². The monoisotopic (exact) mass is 260 g/mol. The molecule has 0 saturated carbocycles. The van der Waals surface area contributed by atoms with Crippen molar-refractivity contribution >= 4 is 5.91 Å². The number of hydrogen-bond acceptors (Lipinski definition) is 2. The Balaban J connectivity index is 1.85. The summed E-state index contributed by atoms with van der Waals surface area (Å²) in [5, 5.41) is 2.97. The van der Waals surface area contributed by atoms with Gasteiger partial charge in [0, 0.05) is 13.1 Å². The van der Waals surface area contributed by atoms with Gasteiger partial charge in [-0.1, -0.05) is 18.2 Å². The first-order valence-electron chi connectivity index (χ1n) is 7.12. The van der Waals surface area contributed by atoms with Crippen molar-refractivity contribution in [1.82, 2.24) is 5.32 Å². The lowest BCUT2D eigenvalue weighted by molar-refractivity contribution is -0.128. The van der Waals surface area contributed by atoms with Crippen LogP contribution in [0.5, 0.6) is 0 Å². The molecule has 2 rings (SSSR count). The Morgan fingerprint density at radius 1 is 1.32 bits per heavy atom. The molecule has 0 aromatic heterocycles. The SMILES string of the molecule is CC(C)(CN)C(=O)NCCc1ccc2c(c1)CCC2. The predicted octanol–water partition coefficient (Wildman–Crippen LogP) is 1.82. The maximum atomic E-state index is 11.9. The number of nitrogens with two attached hydrogens (primary N) is 1. The molecule has 1 amide bonds. The zero-order valence-corrected chi connectivity index (χ0v) is 12.0. The second-order valence-electron chi connectivity index (χ2n) is 6.05. The van der Waals surface area contributed by atoms with E-state index in [2.05, 4.69) is 23.5 Å². The third kappa shape index (κ3) is 3.35. The van der Waals surface area contributed by atoms with Crippen molar-refractivity contribution in [1.29, 1.82) is 0 Å². The van der Waals surface area contributed by atoms with Crippen LogP contribution in [0.25, 0.3) is 0 Å². The van der Waals surface area contributed by atoms with Gasteiger partial charge in [-0.15, -0.1) is 0 Å². The van der Waals surface area contributed by atoms with E-state index < -0.39 is 5.41 Å². The fourth-order valence-corrected chi connectivity index (χ4v) is 2.43. The molecule has 0 radical (unpaired) electrons. The molecule has 3 N–H and O–H groups in total. The van der Waals surface area contributed by atoms with Gasteiger partial charge in [-0.3, -0.25) is 4.79 Å². The van der Waals surface area contributed by atoms with E-state index in [-0.39, 0.29) is 5.91 Å². The van der Waals surface area contributed by atoms with Crippen molar-refractivity contribution in [3.8, 4) is 0 Å². The summed E-state index contributed by atoms with van der Waals surface area (Å²) in [7, 11) is 0. The number of hydrogen-bond donors (Lipinski definition) is 2. The highest BCUT2D eigenvalue weighted by Crippen LogP contribution is 2.22. The Bertz CT molecular complexity index is 466. The van der Waals surface area contributed by atoms with Crippen LogP contribution in [0.4, 0.5) is 0 Å². The van der Waals surface area contributed by atoms with E-state index in [0.717, 1.165) is 6.42 Å². The molecular weight excluding hydrogens is 236 g/mol. The van der Waals surface area contributed by atoms with E-state index in [4.69, 9.17) is 5.73 Å². The van der Waals surface area contributed by atoms with Gasteiger partial charge >= 0.3 is 0 Å². The number of benzene rings is 1. The molecular formula is C16H24N2O. The number of amides is 1. The lowest BCUT2D eigenvalue weighted by atomic mass is 9.92. The summed E-state index contributed by atoms with van der Waals surface area (Å²) >= 11 is 0. The van der Waals surface area contributed by atoms with Gasteiger partial charge in [-0.2, -0.15) is 0 Å². The number of fused-ring (bicyclic) bond motifs is 1. The predicted molar refractivity (Wildman–Crippen MR) is 78.0 cm³/mol. The molecule has 1 aliphatic rings. The number of carbonyl (C=O) groups is 1. The quantitative estimate of drug-likeness (QED) is 0.848. The highest BCUT2D eigenvalue weighted by Gasteiger charge is 2.25. The Morgan fingerprint density at radius 3 is 2.79 bits per heavy atom. The zero-order chi connectivity index (χ0) is 13.9. The average Bonchev–Trinajstić information content (AvgIpc) is 2.86. The first-order valence-corrected chi connectivity index (χ1v) is 7.12. The van der Waals surface area contributed by atoms with Gasteiger partial charge in [0.1, 0.15) is 0 Å². The van der Waals surface area contributed by atoms with Crippen molar-refractivity contribution in [2.75, 3.05) is 13.1 Å². The maximum Gasteiger partial charge on any atom is 0.226 e. The number of carbonyl (C=O) groups excluding carboxylic acids is 1. The molecule has 0 heterocycles. The van der Waals surface area contributed by atoms with E-state index >= 15 is 0 Å². The van der Waals surface area contributed by atoms with Gasteiger partial charge in [0.15, 0.2) is 0 Å². The lowest BCUT2D eigenvalue weighted by Crippen LogP contribution is -2.42. The largest absolute Gasteiger partial charge is 0.355 e. The van der Waals surface area contributed by atoms with E-state index in [0.29, 0.717) is 13.1 Å². The number of rotatable bonds is 5. The second-order valence-corrected chi connectivity index (χ2v) is 6.05. The van der Waals surface area contributed by atoms with Crippen LogP contribution in [-0.2, 0) is 24.1 Å². The van der Waals surface area contributed by atoms with Crippen LogP contribution in [0.3, 0.4) is 0 Å². The van der Waals surface area contributed by atoms with Crippen LogP contribution in [0.2, 0.25) is 0 Å². The summed E-state index contributed by atoms with van der Waals surface area (Å²) in [6.45, 7) is 4.80. The molecule has 0 saturated heterocycles. The first-order chi connectivity index (χ1) is 9.03. The molecule has 1 aromatic carbocycles. The van der Waals surface area contributed by atoms with Gasteiger partial charge in [0.25, 0.3) is 0 Å². The molecule has 0 aliphatic heterocycles. The molecule has 1 aliphatic carbocycles. The zero-order valence-electron chi connectivity index (χ0n) is 12.0. The average molecular weight is 260 g/mol. The van der Waals surface area contributed by atoms with Crippen LogP contribution in [0, 0.1) is 5.41 Å². The summed E-state index contributed by atoms with van der Waals surface area (Å²) in [5.74, 6) is 0.0381. The third-order valence-corrected chi connectivity index (χ3v) is 3.99. The smallest absolute Gasteiger partial charge is 0.226 e. The van der Waals surface area contributed by atoms with E-state index in [9.17, 15) is 4.79 Å². The Labute approximate surface area is 115 Å². The van der Waals surface area contributed by atoms with Crippen molar-refractivity contribution < 1.29 is 4.79 Å². The summed E-state index contributed by atoms with van der Waals surface area (Å²) in [6, 6.07) is 6.72. The molecule has 0 spiro atoms. The summed E-state index contributed by atoms with van der Waals surface area (Å²) in [6.07, 6.45) is 4.59. The highest BCUT2D eigenvalue weighted by atomic mass is 16.2. The minimum atomic E-state index is -0.474. The normalized spacial score (nSPS) is 14.3. The molecule has 0 atom stereocenters. The fourth-order valence-electron chi connectivity index (χ4n) is 2.43. The fraction of sp³-hybridized carbons (Fsp3) is 0.562. The molecule has 19 heavy (non-hydrogen) atoms. The van der Waals surface area contributed by atoms with Gasteiger partial charge < -0.3 is 11.1 Å². The van der Waals surface area contributed by atoms with Crippen molar-refractivity contribution in [2.24, 2.45) is 11.1 Å². The molecule has 0 fully saturated rings. The van der Waals surface area contributed by atoms with Crippen molar-refractivity contribution in [3.63, 3.8) is 0 Å². The van der Waals surface area contributed by atoms with Crippen LogP contribution in [0.15, 0.2) is 18.2 Å². The number of nitrogens with one attached hydrogen (secondary N) is 1. The van der Waals surface area contributed by atoms with Crippen LogP contribution in [-0.4, -0.2) is 19.0 Å². The minimum Gasteiger partial charge on any atom is -0.355 e. The molecule has 0 bridgehead atoms. The van der Waals surface area contributed by atoms with Gasteiger partial charge in [0.2, 0.25) is 5.91 Å². The van der Waals surface area contributed by atoms with Crippen LogP contribution < -0.4 is 11.1 Å². The Morgan fingerprint density at radius 2 is 2.05 bits per heavy atom.